The number of aliphatic imine (C=N–C) groups is 1. The molecule has 0 fully saturated rings. The lowest BCUT2D eigenvalue weighted by molar-refractivity contribution is 1.02. The van der Waals surface area contributed by atoms with Crippen molar-refractivity contribution in [2.45, 2.75) is 20.8 Å². The predicted molar refractivity (Wildman–Crippen MR) is 105 cm³/mol. The fourth-order valence-corrected chi connectivity index (χ4v) is 2.71. The molecular formula is C18H17N7S. The van der Waals surface area contributed by atoms with Crippen LogP contribution in [0.1, 0.15) is 16.1 Å². The molecule has 8 heteroatoms. The lowest BCUT2D eigenvalue weighted by Crippen LogP contribution is -1.75. The molecular weight excluding hydrogens is 346 g/mol. The molecule has 0 N–H and O–H groups in total. The number of aryl methyl sites for hydroxylation is 3. The standard InChI is InChI=1S/C18H17N7S/c1-11-9-14(19-4)5-7-16(11)22-21-15-6-8-17(12(2)10-15)23-25-18-24-20-13(3)26-18/h5-10H,4H2,1-3H3/b22-21+,25-23+. The number of azo groups is 2. The van der Waals surface area contributed by atoms with Gasteiger partial charge >= 0.3 is 0 Å². The van der Waals surface area contributed by atoms with E-state index in [0.29, 0.717) is 5.13 Å². The van der Waals surface area contributed by atoms with Crippen molar-refractivity contribution in [1.29, 1.82) is 0 Å². The Morgan fingerprint density at radius 1 is 0.769 bits per heavy atom. The Balaban J connectivity index is 1.77. The van der Waals surface area contributed by atoms with Crippen molar-refractivity contribution >= 4 is 45.9 Å². The summed E-state index contributed by atoms with van der Waals surface area (Å²) >= 11 is 1.40. The van der Waals surface area contributed by atoms with Crippen LogP contribution in [0.2, 0.25) is 0 Å². The Morgan fingerprint density at radius 2 is 1.38 bits per heavy atom. The first-order chi connectivity index (χ1) is 12.5. The quantitative estimate of drug-likeness (QED) is 0.376. The first-order valence-corrected chi connectivity index (χ1v) is 8.68. The van der Waals surface area contributed by atoms with E-state index >= 15 is 0 Å². The fraction of sp³-hybridized carbons (Fsp3) is 0.167. The lowest BCUT2D eigenvalue weighted by Gasteiger charge is -2.01. The van der Waals surface area contributed by atoms with Gasteiger partial charge in [0.05, 0.1) is 22.7 Å². The van der Waals surface area contributed by atoms with Gasteiger partial charge in [0, 0.05) is 0 Å². The highest BCUT2D eigenvalue weighted by atomic mass is 32.1. The molecule has 0 amide bonds. The van der Waals surface area contributed by atoms with E-state index in [0.717, 1.165) is 38.9 Å². The highest BCUT2D eigenvalue weighted by molar-refractivity contribution is 7.14. The van der Waals surface area contributed by atoms with Gasteiger partial charge in [-0.1, -0.05) is 11.3 Å². The maximum absolute atomic E-state index is 4.31. The second kappa shape index (κ2) is 7.83. The van der Waals surface area contributed by atoms with Gasteiger partial charge in [-0.2, -0.15) is 10.2 Å². The SMILES string of the molecule is C=Nc1ccc(/N=N/c2ccc(/N=N/c3nnc(C)s3)c(C)c2)c(C)c1. The highest BCUT2D eigenvalue weighted by Crippen LogP contribution is 2.29. The van der Waals surface area contributed by atoms with Crippen LogP contribution in [0.5, 0.6) is 0 Å². The molecule has 0 atom stereocenters. The summed E-state index contributed by atoms with van der Waals surface area (Å²) in [5.74, 6) is 0. The molecule has 2 aromatic carbocycles. The summed E-state index contributed by atoms with van der Waals surface area (Å²) in [5, 5.41) is 26.2. The molecule has 0 unspecified atom stereocenters. The van der Waals surface area contributed by atoms with Crippen molar-refractivity contribution in [3.63, 3.8) is 0 Å². The van der Waals surface area contributed by atoms with E-state index in [4.69, 9.17) is 0 Å². The van der Waals surface area contributed by atoms with Crippen LogP contribution in [-0.2, 0) is 0 Å². The maximum atomic E-state index is 4.31. The Morgan fingerprint density at radius 3 is 1.96 bits per heavy atom. The molecule has 26 heavy (non-hydrogen) atoms. The van der Waals surface area contributed by atoms with E-state index in [-0.39, 0.29) is 0 Å². The monoisotopic (exact) mass is 363 g/mol. The molecule has 130 valence electrons. The van der Waals surface area contributed by atoms with Crippen LogP contribution in [-0.4, -0.2) is 16.9 Å². The van der Waals surface area contributed by atoms with Gasteiger partial charge in [0.2, 0.25) is 0 Å². The highest BCUT2D eigenvalue weighted by Gasteiger charge is 2.02. The van der Waals surface area contributed by atoms with E-state index in [1.54, 1.807) is 0 Å². The minimum Gasteiger partial charge on any atom is -0.265 e. The summed E-state index contributed by atoms with van der Waals surface area (Å²) in [6, 6.07) is 11.3. The molecule has 0 saturated carbocycles. The van der Waals surface area contributed by atoms with Crippen LogP contribution in [0.4, 0.5) is 27.9 Å². The molecule has 1 aromatic heterocycles. The Labute approximate surface area is 155 Å². The van der Waals surface area contributed by atoms with E-state index in [1.807, 2.05) is 57.2 Å². The van der Waals surface area contributed by atoms with Gasteiger partial charge in [-0.25, -0.2) is 0 Å². The number of benzene rings is 2. The topological polar surface area (TPSA) is 87.6 Å². The van der Waals surface area contributed by atoms with E-state index < -0.39 is 0 Å². The van der Waals surface area contributed by atoms with Crippen molar-refractivity contribution in [1.82, 2.24) is 10.2 Å². The molecule has 0 aliphatic carbocycles. The maximum Gasteiger partial charge on any atom is 0.251 e. The van der Waals surface area contributed by atoms with Gasteiger partial charge in [0.15, 0.2) is 0 Å². The molecule has 0 radical (unpaired) electrons. The van der Waals surface area contributed by atoms with Gasteiger partial charge in [-0.05, 0) is 75.0 Å². The van der Waals surface area contributed by atoms with Crippen LogP contribution in [0.3, 0.4) is 0 Å². The van der Waals surface area contributed by atoms with Crippen LogP contribution >= 0.6 is 11.3 Å². The predicted octanol–water partition coefficient (Wildman–Crippen LogP) is 6.63. The minimum absolute atomic E-state index is 0.540. The molecule has 0 saturated heterocycles. The summed E-state index contributed by atoms with van der Waals surface area (Å²) in [4.78, 5) is 3.90. The van der Waals surface area contributed by atoms with Gasteiger partial charge in [0.25, 0.3) is 5.13 Å². The summed E-state index contributed by atoms with van der Waals surface area (Å²) < 4.78 is 0. The summed E-state index contributed by atoms with van der Waals surface area (Å²) in [6.07, 6.45) is 0. The second-order valence-electron chi connectivity index (χ2n) is 5.60. The normalized spacial score (nSPS) is 11.5. The zero-order chi connectivity index (χ0) is 18.5. The lowest BCUT2D eigenvalue weighted by atomic mass is 10.2. The van der Waals surface area contributed by atoms with Crippen molar-refractivity contribution in [3.8, 4) is 0 Å². The van der Waals surface area contributed by atoms with E-state index in [2.05, 4.69) is 42.4 Å². The molecule has 0 aliphatic heterocycles. The summed E-state index contributed by atoms with van der Waals surface area (Å²) in [7, 11) is 0. The molecule has 7 nitrogen and oxygen atoms in total. The van der Waals surface area contributed by atoms with Gasteiger partial charge in [-0.3, -0.25) is 4.99 Å². The Hall–Kier alpha value is -3.13. The Kier molecular flexibility index (Phi) is 5.33. The summed E-state index contributed by atoms with van der Waals surface area (Å²) in [5.41, 5.74) is 5.07. The first-order valence-electron chi connectivity index (χ1n) is 7.87. The zero-order valence-electron chi connectivity index (χ0n) is 14.7. The first kappa shape index (κ1) is 17.7. The van der Waals surface area contributed by atoms with Crippen molar-refractivity contribution in [3.05, 3.63) is 52.5 Å². The largest absolute Gasteiger partial charge is 0.265 e. The van der Waals surface area contributed by atoms with Crippen LogP contribution in [0.15, 0.2) is 61.8 Å². The molecule has 3 rings (SSSR count). The average Bonchev–Trinajstić information content (AvgIpc) is 3.05. The van der Waals surface area contributed by atoms with Gasteiger partial charge in [-0.15, -0.1) is 20.4 Å². The summed E-state index contributed by atoms with van der Waals surface area (Å²) in [6.45, 7) is 9.32. The smallest absolute Gasteiger partial charge is 0.251 e. The third kappa shape index (κ3) is 4.28. The zero-order valence-corrected chi connectivity index (χ0v) is 15.5. The third-order valence-corrected chi connectivity index (χ3v) is 4.30. The fourth-order valence-electron chi connectivity index (χ4n) is 2.20. The molecule has 1 heterocycles. The van der Waals surface area contributed by atoms with Gasteiger partial charge in [0.1, 0.15) is 5.01 Å². The number of hydrogen-bond acceptors (Lipinski definition) is 8. The molecule has 0 spiro atoms. The number of nitrogens with zero attached hydrogens (tertiary/aromatic N) is 7. The molecule has 0 aliphatic rings. The van der Waals surface area contributed by atoms with Gasteiger partial charge < -0.3 is 0 Å². The van der Waals surface area contributed by atoms with E-state index in [9.17, 15) is 0 Å². The second-order valence-corrected chi connectivity index (χ2v) is 6.76. The number of aromatic nitrogens is 2. The van der Waals surface area contributed by atoms with Crippen LogP contribution < -0.4 is 0 Å². The minimum atomic E-state index is 0.540. The number of rotatable bonds is 5. The number of hydrogen-bond donors (Lipinski definition) is 0. The van der Waals surface area contributed by atoms with Crippen molar-refractivity contribution < 1.29 is 0 Å². The molecule has 3 aromatic rings. The van der Waals surface area contributed by atoms with Crippen LogP contribution in [0.25, 0.3) is 0 Å². The Bertz CT molecular complexity index is 1000. The van der Waals surface area contributed by atoms with E-state index in [1.165, 1.54) is 11.3 Å². The van der Waals surface area contributed by atoms with Crippen molar-refractivity contribution in [2.24, 2.45) is 25.4 Å². The van der Waals surface area contributed by atoms with Crippen LogP contribution in [0, 0.1) is 20.8 Å². The third-order valence-electron chi connectivity index (χ3n) is 3.58. The molecule has 0 bridgehead atoms. The van der Waals surface area contributed by atoms with Crippen molar-refractivity contribution in [2.75, 3.05) is 0 Å². The average molecular weight is 363 g/mol.